The predicted octanol–water partition coefficient (Wildman–Crippen LogP) is 3.27. The number of hydrogen-bond acceptors (Lipinski definition) is 3. The quantitative estimate of drug-likeness (QED) is 0.868. The number of likely N-dealkylation sites (tertiary alicyclic amines) is 1. The molecule has 2 aromatic rings. The Kier molecular flexibility index (Phi) is 5.03. The molecule has 2 aliphatic rings. The minimum absolute atomic E-state index is 0.108. The molecule has 0 bridgehead atoms. The second-order valence-electron chi connectivity index (χ2n) is 7.93. The fourth-order valence-corrected chi connectivity index (χ4v) is 4.49. The van der Waals surface area contributed by atoms with Crippen molar-refractivity contribution in [3.63, 3.8) is 0 Å². The average molecular weight is 395 g/mol. The first kappa shape index (κ1) is 19.4. The topological polar surface area (TPSA) is 52.7 Å². The van der Waals surface area contributed by atoms with Crippen LogP contribution in [0.4, 0.5) is 10.1 Å². The summed E-state index contributed by atoms with van der Waals surface area (Å²) in [5.41, 5.74) is 2.79. The summed E-state index contributed by atoms with van der Waals surface area (Å²) in [5.74, 6) is -0.553. The van der Waals surface area contributed by atoms with Crippen LogP contribution in [-0.4, -0.2) is 42.0 Å². The van der Waals surface area contributed by atoms with Crippen LogP contribution in [0.5, 0.6) is 0 Å². The van der Waals surface area contributed by atoms with Crippen LogP contribution in [0.3, 0.4) is 0 Å². The number of rotatable bonds is 3. The molecule has 152 valence electrons. The highest BCUT2D eigenvalue weighted by atomic mass is 19.1. The van der Waals surface area contributed by atoms with Gasteiger partial charge >= 0.3 is 0 Å². The lowest BCUT2D eigenvalue weighted by Crippen LogP contribution is -2.68. The first-order chi connectivity index (χ1) is 13.9. The molecule has 0 aliphatic carbocycles. The third kappa shape index (κ3) is 3.59. The molecule has 29 heavy (non-hydrogen) atoms. The van der Waals surface area contributed by atoms with Gasteiger partial charge in [0.25, 0.3) is 5.91 Å². The van der Waals surface area contributed by atoms with Gasteiger partial charge in [-0.05, 0) is 37.6 Å². The van der Waals surface area contributed by atoms with Crippen molar-refractivity contribution in [1.82, 2.24) is 10.2 Å². The second kappa shape index (κ2) is 7.50. The molecule has 2 aromatic carbocycles. The van der Waals surface area contributed by atoms with Gasteiger partial charge in [-0.2, -0.15) is 0 Å². The fourth-order valence-electron chi connectivity index (χ4n) is 4.49. The van der Waals surface area contributed by atoms with Gasteiger partial charge in [0.15, 0.2) is 0 Å². The van der Waals surface area contributed by atoms with E-state index in [0.29, 0.717) is 44.5 Å². The van der Waals surface area contributed by atoms with Crippen LogP contribution < -0.4 is 10.2 Å². The van der Waals surface area contributed by atoms with Crippen molar-refractivity contribution in [2.75, 3.05) is 24.5 Å². The molecule has 2 heterocycles. The van der Waals surface area contributed by atoms with Crippen LogP contribution in [0, 0.1) is 12.7 Å². The smallest absolute Gasteiger partial charge is 0.255 e. The van der Waals surface area contributed by atoms with Crippen molar-refractivity contribution < 1.29 is 14.0 Å². The summed E-state index contributed by atoms with van der Waals surface area (Å²) in [4.78, 5) is 29.5. The van der Waals surface area contributed by atoms with Crippen LogP contribution in [0.2, 0.25) is 0 Å². The van der Waals surface area contributed by atoms with Crippen LogP contribution in [-0.2, 0) is 11.2 Å². The van der Waals surface area contributed by atoms with Crippen LogP contribution in [0.15, 0.2) is 42.5 Å². The van der Waals surface area contributed by atoms with E-state index in [0.717, 1.165) is 11.3 Å². The lowest BCUT2D eigenvalue weighted by atomic mass is 9.89. The first-order valence-electron chi connectivity index (χ1n) is 10.1. The zero-order valence-corrected chi connectivity index (χ0v) is 16.9. The first-order valence-corrected chi connectivity index (χ1v) is 10.1. The molecule has 0 aromatic heterocycles. The monoisotopic (exact) mass is 395 g/mol. The Morgan fingerprint density at radius 1 is 1.14 bits per heavy atom. The summed E-state index contributed by atoms with van der Waals surface area (Å²) in [6.07, 6.45) is 1.67. The Morgan fingerprint density at radius 3 is 2.48 bits per heavy atom. The normalized spacial score (nSPS) is 17.8. The van der Waals surface area contributed by atoms with Gasteiger partial charge in [0, 0.05) is 32.5 Å². The standard InChI is InChI=1S/C23H26FN3O2/c1-3-27-20-9-8-18(24)15-19(20)22(29)25-23(27)10-12-26(13-11-23)21(28)14-17-6-4-16(2)5-7-17/h4-9,15H,3,10-14H2,1-2H3,(H,25,29). The second-order valence-corrected chi connectivity index (χ2v) is 7.93. The molecular weight excluding hydrogens is 369 g/mol. The number of benzene rings is 2. The zero-order chi connectivity index (χ0) is 20.6. The van der Waals surface area contributed by atoms with Gasteiger partial charge in [-0.1, -0.05) is 29.8 Å². The van der Waals surface area contributed by atoms with Gasteiger partial charge in [-0.15, -0.1) is 0 Å². The summed E-state index contributed by atoms with van der Waals surface area (Å²) >= 11 is 0. The summed E-state index contributed by atoms with van der Waals surface area (Å²) in [6, 6.07) is 12.4. The number of carbonyl (C=O) groups is 2. The number of amides is 2. The Morgan fingerprint density at radius 2 is 1.83 bits per heavy atom. The minimum atomic E-state index is -0.530. The van der Waals surface area contributed by atoms with Crippen molar-refractivity contribution in [2.24, 2.45) is 0 Å². The molecule has 0 unspecified atom stereocenters. The number of nitrogens with zero attached hydrogens (tertiary/aromatic N) is 2. The number of halogens is 1. The third-order valence-corrected chi connectivity index (χ3v) is 6.09. The van der Waals surface area contributed by atoms with E-state index in [1.807, 2.05) is 43.0 Å². The molecule has 0 saturated carbocycles. The Bertz CT molecular complexity index is 934. The molecule has 0 radical (unpaired) electrons. The molecular formula is C23H26FN3O2. The summed E-state index contributed by atoms with van der Waals surface area (Å²) in [5, 5.41) is 3.11. The van der Waals surface area contributed by atoms with E-state index in [1.165, 1.54) is 17.7 Å². The molecule has 2 amide bonds. The Balaban J connectivity index is 1.49. The molecule has 1 fully saturated rings. The molecule has 1 N–H and O–H groups in total. The molecule has 0 atom stereocenters. The van der Waals surface area contributed by atoms with Gasteiger partial charge in [-0.3, -0.25) is 9.59 Å². The average Bonchev–Trinajstić information content (AvgIpc) is 2.71. The van der Waals surface area contributed by atoms with Gasteiger partial charge in [-0.25, -0.2) is 4.39 Å². The van der Waals surface area contributed by atoms with Crippen molar-refractivity contribution in [3.05, 3.63) is 65.0 Å². The lowest BCUT2D eigenvalue weighted by Gasteiger charge is -2.52. The van der Waals surface area contributed by atoms with E-state index >= 15 is 0 Å². The summed E-state index contributed by atoms with van der Waals surface area (Å²) < 4.78 is 13.6. The number of fused-ring (bicyclic) bond motifs is 1. The number of aryl methyl sites for hydroxylation is 1. The van der Waals surface area contributed by atoms with Crippen LogP contribution >= 0.6 is 0 Å². The number of carbonyl (C=O) groups excluding carboxylic acids is 2. The van der Waals surface area contributed by atoms with E-state index in [-0.39, 0.29) is 11.8 Å². The van der Waals surface area contributed by atoms with Gasteiger partial charge in [0.05, 0.1) is 17.7 Å². The van der Waals surface area contributed by atoms with Crippen molar-refractivity contribution in [1.29, 1.82) is 0 Å². The van der Waals surface area contributed by atoms with Crippen LogP contribution in [0.25, 0.3) is 0 Å². The Labute approximate surface area is 170 Å². The van der Waals surface area contributed by atoms with Crippen molar-refractivity contribution >= 4 is 17.5 Å². The zero-order valence-electron chi connectivity index (χ0n) is 16.9. The minimum Gasteiger partial charge on any atom is -0.348 e. The summed E-state index contributed by atoms with van der Waals surface area (Å²) in [7, 11) is 0. The molecule has 1 spiro atoms. The highest BCUT2D eigenvalue weighted by Crippen LogP contribution is 2.37. The molecule has 1 saturated heterocycles. The lowest BCUT2D eigenvalue weighted by molar-refractivity contribution is -0.132. The third-order valence-electron chi connectivity index (χ3n) is 6.09. The highest BCUT2D eigenvalue weighted by Gasteiger charge is 2.45. The van der Waals surface area contributed by atoms with E-state index in [4.69, 9.17) is 0 Å². The summed E-state index contributed by atoms with van der Waals surface area (Å²) in [6.45, 7) is 5.91. The van der Waals surface area contributed by atoms with E-state index in [9.17, 15) is 14.0 Å². The number of piperidine rings is 1. The van der Waals surface area contributed by atoms with E-state index in [1.54, 1.807) is 6.07 Å². The number of hydrogen-bond donors (Lipinski definition) is 1. The molecule has 2 aliphatic heterocycles. The van der Waals surface area contributed by atoms with Gasteiger partial charge in [0.1, 0.15) is 11.5 Å². The van der Waals surface area contributed by atoms with Gasteiger partial charge < -0.3 is 15.1 Å². The molecule has 5 nitrogen and oxygen atoms in total. The van der Waals surface area contributed by atoms with Gasteiger partial charge in [0.2, 0.25) is 5.91 Å². The largest absolute Gasteiger partial charge is 0.348 e. The maximum absolute atomic E-state index is 13.6. The van der Waals surface area contributed by atoms with Crippen molar-refractivity contribution in [3.8, 4) is 0 Å². The molecule has 6 heteroatoms. The van der Waals surface area contributed by atoms with Crippen molar-refractivity contribution in [2.45, 2.75) is 38.8 Å². The van der Waals surface area contributed by atoms with Crippen LogP contribution in [0.1, 0.15) is 41.3 Å². The number of nitrogens with one attached hydrogen (secondary N) is 1. The SMILES string of the molecule is CCN1c2ccc(F)cc2C(=O)NC12CCN(C(=O)Cc1ccc(C)cc1)CC2. The Hall–Kier alpha value is -2.89. The highest BCUT2D eigenvalue weighted by molar-refractivity contribution is 6.02. The van der Waals surface area contributed by atoms with E-state index < -0.39 is 11.5 Å². The number of anilines is 1. The predicted molar refractivity (Wildman–Crippen MR) is 110 cm³/mol. The fraction of sp³-hybridized carbons (Fsp3) is 0.391. The maximum atomic E-state index is 13.6. The molecule has 4 rings (SSSR count). The maximum Gasteiger partial charge on any atom is 0.255 e. The van der Waals surface area contributed by atoms with E-state index in [2.05, 4.69) is 10.2 Å².